The van der Waals surface area contributed by atoms with E-state index >= 15 is 0 Å². The van der Waals surface area contributed by atoms with Gasteiger partial charge in [0.25, 0.3) is 0 Å². The Morgan fingerprint density at radius 3 is 2.60 bits per heavy atom. The minimum Gasteiger partial charge on any atom is -0.345 e. The van der Waals surface area contributed by atoms with Crippen LogP contribution < -0.4 is 0 Å². The third kappa shape index (κ3) is 1.61. The molecule has 20 heavy (non-hydrogen) atoms. The summed E-state index contributed by atoms with van der Waals surface area (Å²) in [7, 11) is 0. The molecule has 1 aromatic carbocycles. The van der Waals surface area contributed by atoms with Gasteiger partial charge >= 0.3 is 0 Å². The molecule has 0 N–H and O–H groups in total. The van der Waals surface area contributed by atoms with Crippen molar-refractivity contribution in [2.24, 2.45) is 0 Å². The smallest absolute Gasteiger partial charge is 0.133 e. The highest BCUT2D eigenvalue weighted by Crippen LogP contribution is 2.32. The summed E-state index contributed by atoms with van der Waals surface area (Å²) < 4.78 is 31.2. The van der Waals surface area contributed by atoms with Crippen LogP contribution in [0.2, 0.25) is 0 Å². The van der Waals surface area contributed by atoms with Crippen molar-refractivity contribution in [3.05, 3.63) is 60.4 Å². The Kier molecular flexibility index (Phi) is 2.33. The summed E-state index contributed by atoms with van der Waals surface area (Å²) in [5, 5.41) is 0. The maximum absolute atomic E-state index is 13.9. The van der Waals surface area contributed by atoms with Gasteiger partial charge in [-0.3, -0.25) is 0 Å². The first-order valence-electron chi connectivity index (χ1n) is 6.53. The molecule has 2 aromatic heterocycles. The molecule has 0 atom stereocenters. The van der Waals surface area contributed by atoms with Gasteiger partial charge in [0.2, 0.25) is 0 Å². The van der Waals surface area contributed by atoms with E-state index in [-0.39, 0.29) is 0 Å². The highest BCUT2D eigenvalue weighted by molar-refractivity contribution is 5.71. The molecule has 0 bridgehead atoms. The molecule has 1 aliphatic heterocycles. The maximum atomic E-state index is 13.9. The Hall–Kier alpha value is -2.36. The molecule has 100 valence electrons. The van der Waals surface area contributed by atoms with Gasteiger partial charge in [-0.25, -0.2) is 8.78 Å². The average Bonchev–Trinajstić information content (AvgIpc) is 3.03. The van der Waals surface area contributed by atoms with Crippen molar-refractivity contribution in [2.75, 3.05) is 0 Å². The minimum absolute atomic E-state index is 0.436. The zero-order chi connectivity index (χ0) is 13.7. The van der Waals surface area contributed by atoms with Crippen LogP contribution >= 0.6 is 0 Å². The first kappa shape index (κ1) is 11.5. The molecule has 0 spiro atoms. The summed E-state index contributed by atoms with van der Waals surface area (Å²) in [6.07, 6.45) is 3.98. The molecular formula is C16H12F2N2. The average molecular weight is 270 g/mol. The molecule has 3 heterocycles. The predicted octanol–water partition coefficient (Wildman–Crippen LogP) is 3.92. The van der Waals surface area contributed by atoms with Crippen LogP contribution in [0.4, 0.5) is 8.78 Å². The highest BCUT2D eigenvalue weighted by Gasteiger charge is 2.18. The van der Waals surface area contributed by atoms with Gasteiger partial charge in [-0.15, -0.1) is 0 Å². The van der Waals surface area contributed by atoms with E-state index in [0.717, 1.165) is 36.1 Å². The van der Waals surface area contributed by atoms with Crippen molar-refractivity contribution in [2.45, 2.75) is 13.1 Å². The summed E-state index contributed by atoms with van der Waals surface area (Å²) in [6.45, 7) is 1.77. The first-order chi connectivity index (χ1) is 9.72. The molecule has 0 aliphatic carbocycles. The second kappa shape index (κ2) is 4.07. The summed E-state index contributed by atoms with van der Waals surface area (Å²) in [6, 6.07) is 9.73. The van der Waals surface area contributed by atoms with Gasteiger partial charge in [0, 0.05) is 42.7 Å². The molecule has 0 saturated carbocycles. The van der Waals surface area contributed by atoms with Crippen molar-refractivity contribution in [1.29, 1.82) is 0 Å². The highest BCUT2D eigenvalue weighted by atomic mass is 19.1. The van der Waals surface area contributed by atoms with Crippen molar-refractivity contribution in [1.82, 2.24) is 9.13 Å². The van der Waals surface area contributed by atoms with Crippen LogP contribution in [0.25, 0.3) is 22.5 Å². The van der Waals surface area contributed by atoms with Crippen LogP contribution in [0.5, 0.6) is 0 Å². The molecule has 0 saturated heterocycles. The van der Waals surface area contributed by atoms with Gasteiger partial charge in [-0.1, -0.05) is 0 Å². The predicted molar refractivity (Wildman–Crippen MR) is 73.2 cm³/mol. The number of hydrogen-bond donors (Lipinski definition) is 0. The summed E-state index contributed by atoms with van der Waals surface area (Å²) in [5.74, 6) is -1.08. The second-order valence-corrected chi connectivity index (χ2v) is 5.02. The van der Waals surface area contributed by atoms with Crippen LogP contribution in [-0.2, 0) is 13.1 Å². The molecule has 1 aliphatic rings. The summed E-state index contributed by atoms with van der Waals surface area (Å²) >= 11 is 0. The fraction of sp³-hybridized carbons (Fsp3) is 0.125. The van der Waals surface area contributed by atoms with Crippen LogP contribution in [0.3, 0.4) is 0 Å². The summed E-state index contributed by atoms with van der Waals surface area (Å²) in [5.41, 5.74) is 3.42. The minimum atomic E-state index is -0.552. The number of fused-ring (bicyclic) bond motifs is 3. The molecule has 0 fully saturated rings. The maximum Gasteiger partial charge on any atom is 0.133 e. The van der Waals surface area contributed by atoms with Gasteiger partial charge in [0.05, 0.1) is 11.4 Å². The van der Waals surface area contributed by atoms with E-state index in [9.17, 15) is 8.78 Å². The molecule has 3 aromatic rings. The molecule has 2 nitrogen and oxygen atoms in total. The number of halogens is 2. The molecule has 0 unspecified atom stereocenters. The van der Waals surface area contributed by atoms with Gasteiger partial charge in [0.15, 0.2) is 0 Å². The lowest BCUT2D eigenvalue weighted by Gasteiger charge is -2.18. The second-order valence-electron chi connectivity index (χ2n) is 5.02. The number of hydrogen-bond acceptors (Lipinski definition) is 0. The number of benzene rings is 1. The van der Waals surface area contributed by atoms with E-state index in [2.05, 4.69) is 15.2 Å². The fourth-order valence-electron chi connectivity index (χ4n) is 2.84. The lowest BCUT2D eigenvalue weighted by atomic mass is 10.1. The van der Waals surface area contributed by atoms with Crippen LogP contribution in [0.15, 0.2) is 48.8 Å². The third-order valence-corrected chi connectivity index (χ3v) is 3.81. The van der Waals surface area contributed by atoms with Crippen LogP contribution in [0.1, 0.15) is 0 Å². The SMILES string of the molecule is Fc1ccc(-c2cc3n(c2)CCn2cccc2-3)c(F)c1. The lowest BCUT2D eigenvalue weighted by molar-refractivity contribution is 0.561. The number of nitrogens with zero attached hydrogens (tertiary/aromatic N) is 2. The van der Waals surface area contributed by atoms with E-state index < -0.39 is 11.6 Å². The van der Waals surface area contributed by atoms with E-state index in [0.29, 0.717) is 5.56 Å². The van der Waals surface area contributed by atoms with Crippen molar-refractivity contribution in [3.8, 4) is 22.5 Å². The Labute approximate surface area is 114 Å². The largest absolute Gasteiger partial charge is 0.345 e. The summed E-state index contributed by atoms with van der Waals surface area (Å²) in [4.78, 5) is 0. The van der Waals surface area contributed by atoms with E-state index in [1.807, 2.05) is 24.5 Å². The Morgan fingerprint density at radius 2 is 1.75 bits per heavy atom. The molecule has 4 rings (SSSR count). The number of rotatable bonds is 1. The van der Waals surface area contributed by atoms with Crippen molar-refractivity contribution in [3.63, 3.8) is 0 Å². The fourth-order valence-corrected chi connectivity index (χ4v) is 2.84. The van der Waals surface area contributed by atoms with E-state index in [4.69, 9.17) is 0 Å². The van der Waals surface area contributed by atoms with Gasteiger partial charge < -0.3 is 9.13 Å². The molecule has 4 heteroatoms. The number of aromatic nitrogens is 2. The van der Waals surface area contributed by atoms with Gasteiger partial charge in [0.1, 0.15) is 11.6 Å². The van der Waals surface area contributed by atoms with Gasteiger partial charge in [-0.05, 0) is 30.3 Å². The van der Waals surface area contributed by atoms with Crippen molar-refractivity contribution < 1.29 is 8.78 Å². The van der Waals surface area contributed by atoms with Crippen molar-refractivity contribution >= 4 is 0 Å². The zero-order valence-corrected chi connectivity index (χ0v) is 10.7. The molecule has 0 amide bonds. The van der Waals surface area contributed by atoms with E-state index in [1.165, 1.54) is 12.1 Å². The topological polar surface area (TPSA) is 9.86 Å². The Morgan fingerprint density at radius 1 is 0.900 bits per heavy atom. The zero-order valence-electron chi connectivity index (χ0n) is 10.7. The first-order valence-corrected chi connectivity index (χ1v) is 6.53. The lowest BCUT2D eigenvalue weighted by Crippen LogP contribution is -2.14. The normalized spacial score (nSPS) is 13.1. The standard InChI is InChI=1S/C16H12F2N2/c17-12-3-4-13(14(18)9-12)11-8-16-15-2-1-5-19(15)6-7-20(16)10-11/h1-5,8-10H,6-7H2. The molecular weight excluding hydrogens is 258 g/mol. The molecule has 0 radical (unpaired) electrons. The number of aryl methyl sites for hydroxylation is 2. The third-order valence-electron chi connectivity index (χ3n) is 3.81. The Balaban J connectivity index is 1.87. The van der Waals surface area contributed by atoms with E-state index in [1.54, 1.807) is 0 Å². The van der Waals surface area contributed by atoms with Crippen LogP contribution in [0, 0.1) is 11.6 Å². The van der Waals surface area contributed by atoms with Gasteiger partial charge in [-0.2, -0.15) is 0 Å². The Bertz CT molecular complexity index is 799. The monoisotopic (exact) mass is 270 g/mol. The quantitative estimate of drug-likeness (QED) is 0.634. The van der Waals surface area contributed by atoms with Crippen LogP contribution in [-0.4, -0.2) is 9.13 Å².